The van der Waals surface area contributed by atoms with Crippen molar-refractivity contribution in [2.45, 2.75) is 39.7 Å². The molecule has 1 rings (SSSR count). The molecule has 0 amide bonds. The maximum absolute atomic E-state index is 5.95. The molecule has 0 saturated carbocycles. The monoisotopic (exact) mass is 224 g/mol. The van der Waals surface area contributed by atoms with E-state index in [1.807, 2.05) is 20.2 Å². The van der Waals surface area contributed by atoms with E-state index < -0.39 is 0 Å². The van der Waals surface area contributed by atoms with Crippen molar-refractivity contribution in [2.24, 2.45) is 7.05 Å². The summed E-state index contributed by atoms with van der Waals surface area (Å²) in [5.74, 6) is 0. The summed E-state index contributed by atoms with van der Waals surface area (Å²) >= 11 is 0. The van der Waals surface area contributed by atoms with E-state index in [0.29, 0.717) is 6.61 Å². The Morgan fingerprint density at radius 1 is 1.44 bits per heavy atom. The molecular weight excluding hydrogens is 203 g/mol. The molecule has 0 fully saturated rings. The lowest BCUT2D eigenvalue weighted by molar-refractivity contribution is 0.0706. The molecule has 0 radical (unpaired) electrons. The molecule has 0 unspecified atom stereocenters. The summed E-state index contributed by atoms with van der Waals surface area (Å²) in [6.07, 6.45) is 4.65. The third-order valence-corrected chi connectivity index (χ3v) is 2.59. The maximum Gasteiger partial charge on any atom is 0.497 e. The fourth-order valence-electron chi connectivity index (χ4n) is 1.28. The standard InChI is InChI=1S/C11H21BN2O2/c1-6-11(3,4)16-12(15-7-2)10-8-13-14(5)9-10/h8-9H,6-7H2,1-5H3. The minimum Gasteiger partial charge on any atom is -0.407 e. The van der Waals surface area contributed by atoms with E-state index in [1.165, 1.54) is 0 Å². The molecule has 0 N–H and O–H groups in total. The van der Waals surface area contributed by atoms with Gasteiger partial charge in [0.1, 0.15) is 0 Å². The fourth-order valence-corrected chi connectivity index (χ4v) is 1.28. The molecule has 0 aromatic carbocycles. The highest BCUT2D eigenvalue weighted by atomic mass is 16.6. The van der Waals surface area contributed by atoms with Crippen LogP contribution in [0.3, 0.4) is 0 Å². The van der Waals surface area contributed by atoms with Crippen LogP contribution >= 0.6 is 0 Å². The highest BCUT2D eigenvalue weighted by Crippen LogP contribution is 2.15. The van der Waals surface area contributed by atoms with E-state index >= 15 is 0 Å². The molecular formula is C11H21BN2O2. The first kappa shape index (κ1) is 13.3. The summed E-state index contributed by atoms with van der Waals surface area (Å²) in [4.78, 5) is 0. The quantitative estimate of drug-likeness (QED) is 0.684. The molecule has 16 heavy (non-hydrogen) atoms. The Labute approximate surface area is 98.1 Å². The van der Waals surface area contributed by atoms with Gasteiger partial charge in [-0.15, -0.1) is 0 Å². The van der Waals surface area contributed by atoms with Gasteiger partial charge in [0.25, 0.3) is 0 Å². The second-order valence-electron chi connectivity index (χ2n) is 4.47. The van der Waals surface area contributed by atoms with Gasteiger partial charge in [-0.2, -0.15) is 5.10 Å². The molecule has 1 aromatic rings. The molecule has 0 aliphatic rings. The van der Waals surface area contributed by atoms with E-state index in [0.717, 1.165) is 11.9 Å². The minimum atomic E-state index is -0.325. The molecule has 1 heterocycles. The molecule has 0 atom stereocenters. The van der Waals surface area contributed by atoms with Gasteiger partial charge in [-0.05, 0) is 27.2 Å². The number of rotatable bonds is 6. The van der Waals surface area contributed by atoms with Gasteiger partial charge in [0.2, 0.25) is 0 Å². The van der Waals surface area contributed by atoms with Crippen LogP contribution in [-0.2, 0) is 16.4 Å². The summed E-state index contributed by atoms with van der Waals surface area (Å²) in [7, 11) is 1.56. The van der Waals surface area contributed by atoms with Crippen molar-refractivity contribution in [1.82, 2.24) is 9.78 Å². The number of nitrogens with zero attached hydrogens (tertiary/aromatic N) is 2. The van der Waals surface area contributed by atoms with Crippen molar-refractivity contribution in [3.05, 3.63) is 12.4 Å². The second kappa shape index (κ2) is 5.50. The number of aromatic nitrogens is 2. The van der Waals surface area contributed by atoms with Gasteiger partial charge in [0.15, 0.2) is 0 Å². The first-order valence-electron chi connectivity index (χ1n) is 5.76. The smallest absolute Gasteiger partial charge is 0.407 e. The van der Waals surface area contributed by atoms with Crippen molar-refractivity contribution in [3.8, 4) is 0 Å². The van der Waals surface area contributed by atoms with E-state index in [2.05, 4.69) is 25.9 Å². The summed E-state index contributed by atoms with van der Waals surface area (Å²) in [6.45, 7) is 8.82. The van der Waals surface area contributed by atoms with Crippen molar-refractivity contribution in [2.75, 3.05) is 6.61 Å². The Morgan fingerprint density at radius 2 is 2.12 bits per heavy atom. The molecule has 90 valence electrons. The Kier molecular flexibility index (Phi) is 4.56. The van der Waals surface area contributed by atoms with Gasteiger partial charge in [-0.1, -0.05) is 6.92 Å². The normalized spacial score (nSPS) is 11.8. The van der Waals surface area contributed by atoms with Crippen LogP contribution in [0.15, 0.2) is 12.4 Å². The number of aryl methyl sites for hydroxylation is 1. The molecule has 1 aromatic heterocycles. The highest BCUT2D eigenvalue weighted by Gasteiger charge is 2.29. The summed E-state index contributed by atoms with van der Waals surface area (Å²) in [5, 5.41) is 4.13. The Hall–Kier alpha value is -0.805. The third kappa shape index (κ3) is 3.65. The zero-order chi connectivity index (χ0) is 12.2. The van der Waals surface area contributed by atoms with E-state index in [4.69, 9.17) is 9.31 Å². The van der Waals surface area contributed by atoms with Crippen LogP contribution in [0.2, 0.25) is 0 Å². The van der Waals surface area contributed by atoms with Crippen LogP contribution < -0.4 is 5.46 Å². The van der Waals surface area contributed by atoms with Gasteiger partial charge in [-0.25, -0.2) is 0 Å². The van der Waals surface area contributed by atoms with Crippen molar-refractivity contribution in [3.63, 3.8) is 0 Å². The van der Waals surface area contributed by atoms with Gasteiger partial charge < -0.3 is 9.31 Å². The predicted octanol–water partition coefficient (Wildman–Crippen LogP) is 1.36. The topological polar surface area (TPSA) is 36.3 Å². The largest absolute Gasteiger partial charge is 0.497 e. The average molecular weight is 224 g/mol. The minimum absolute atomic E-state index is 0.185. The van der Waals surface area contributed by atoms with Crippen LogP contribution in [0.5, 0.6) is 0 Å². The average Bonchev–Trinajstić information content (AvgIpc) is 2.64. The molecule has 4 nitrogen and oxygen atoms in total. The van der Waals surface area contributed by atoms with Crippen molar-refractivity contribution >= 4 is 12.6 Å². The Morgan fingerprint density at radius 3 is 2.56 bits per heavy atom. The van der Waals surface area contributed by atoms with Gasteiger partial charge in [0, 0.05) is 37.1 Å². The predicted molar refractivity (Wildman–Crippen MR) is 65.7 cm³/mol. The molecule has 0 saturated heterocycles. The molecule has 0 spiro atoms. The number of hydrogen-bond acceptors (Lipinski definition) is 3. The fraction of sp³-hybridized carbons (Fsp3) is 0.727. The van der Waals surface area contributed by atoms with Gasteiger partial charge in [-0.3, -0.25) is 4.68 Å². The zero-order valence-corrected chi connectivity index (χ0v) is 10.9. The third-order valence-electron chi connectivity index (χ3n) is 2.59. The summed E-state index contributed by atoms with van der Waals surface area (Å²) in [6, 6.07) is 0. The van der Waals surface area contributed by atoms with Crippen LogP contribution in [0.25, 0.3) is 0 Å². The summed E-state index contributed by atoms with van der Waals surface area (Å²) in [5.41, 5.74) is 0.779. The van der Waals surface area contributed by atoms with E-state index in [-0.39, 0.29) is 12.7 Å². The highest BCUT2D eigenvalue weighted by molar-refractivity contribution is 6.61. The molecule has 5 heteroatoms. The van der Waals surface area contributed by atoms with Crippen LogP contribution in [0.4, 0.5) is 0 Å². The molecule has 0 aliphatic heterocycles. The lowest BCUT2D eigenvalue weighted by Crippen LogP contribution is -2.43. The van der Waals surface area contributed by atoms with Crippen LogP contribution in [0.1, 0.15) is 34.1 Å². The molecule has 0 aliphatic carbocycles. The van der Waals surface area contributed by atoms with Crippen molar-refractivity contribution < 1.29 is 9.31 Å². The first-order chi connectivity index (χ1) is 7.48. The van der Waals surface area contributed by atoms with Gasteiger partial charge >= 0.3 is 7.12 Å². The van der Waals surface area contributed by atoms with E-state index in [1.54, 1.807) is 10.9 Å². The SMILES string of the molecule is CCOB(OC(C)(C)CC)c1cnn(C)c1. The number of hydrogen-bond donors (Lipinski definition) is 0. The van der Waals surface area contributed by atoms with Crippen LogP contribution in [-0.4, -0.2) is 29.1 Å². The maximum atomic E-state index is 5.95. The summed E-state index contributed by atoms with van der Waals surface area (Å²) < 4.78 is 13.3. The van der Waals surface area contributed by atoms with Gasteiger partial charge in [0.05, 0.1) is 0 Å². The Bertz CT molecular complexity index is 326. The van der Waals surface area contributed by atoms with E-state index in [9.17, 15) is 0 Å². The lowest BCUT2D eigenvalue weighted by Gasteiger charge is -2.27. The van der Waals surface area contributed by atoms with Crippen LogP contribution in [0, 0.1) is 0 Å². The second-order valence-corrected chi connectivity index (χ2v) is 4.47. The Balaban J connectivity index is 2.75. The lowest BCUT2D eigenvalue weighted by atomic mass is 9.80. The first-order valence-corrected chi connectivity index (χ1v) is 5.76. The zero-order valence-electron chi connectivity index (χ0n) is 10.9. The molecule has 0 bridgehead atoms. The van der Waals surface area contributed by atoms with Crippen molar-refractivity contribution in [1.29, 1.82) is 0 Å².